The lowest BCUT2D eigenvalue weighted by molar-refractivity contribution is 0.191. The molecule has 2 atom stereocenters. The van der Waals surface area contributed by atoms with Gasteiger partial charge in [-0.25, -0.2) is 0 Å². The van der Waals surface area contributed by atoms with Crippen LogP contribution in [0, 0.1) is 17.3 Å². The van der Waals surface area contributed by atoms with Gasteiger partial charge in [-0.3, -0.25) is 0 Å². The Kier molecular flexibility index (Phi) is 5.92. The smallest absolute Gasteiger partial charge is 0.0196 e. The molecule has 2 rings (SSSR count). The van der Waals surface area contributed by atoms with Gasteiger partial charge in [0.1, 0.15) is 0 Å². The summed E-state index contributed by atoms with van der Waals surface area (Å²) in [6, 6.07) is 0.418. The maximum atomic E-state index is 6.51. The van der Waals surface area contributed by atoms with E-state index in [0.29, 0.717) is 11.5 Å². The predicted molar refractivity (Wildman–Crippen MR) is 87.8 cm³/mol. The average Bonchev–Trinajstić information content (AvgIpc) is 2.65. The Balaban J connectivity index is 1.78. The number of nitrogens with two attached hydrogens (primary N) is 1. The summed E-state index contributed by atoms with van der Waals surface area (Å²) in [5.41, 5.74) is 6.98. The molecule has 0 amide bonds. The van der Waals surface area contributed by atoms with Gasteiger partial charge in [0, 0.05) is 12.6 Å². The van der Waals surface area contributed by atoms with Gasteiger partial charge in [0.2, 0.25) is 0 Å². The minimum absolute atomic E-state index is 0.418. The van der Waals surface area contributed by atoms with Crippen LogP contribution in [0.2, 0.25) is 0 Å². The van der Waals surface area contributed by atoms with Crippen molar-refractivity contribution in [1.29, 1.82) is 0 Å². The molecule has 1 aliphatic heterocycles. The molecule has 2 fully saturated rings. The van der Waals surface area contributed by atoms with Gasteiger partial charge in [-0.1, -0.05) is 40.0 Å². The highest BCUT2D eigenvalue weighted by molar-refractivity contribution is 4.83. The van der Waals surface area contributed by atoms with Gasteiger partial charge in [0.05, 0.1) is 0 Å². The average molecular weight is 280 g/mol. The first kappa shape index (κ1) is 16.3. The van der Waals surface area contributed by atoms with E-state index >= 15 is 0 Å². The zero-order valence-electron chi connectivity index (χ0n) is 14.0. The quantitative estimate of drug-likeness (QED) is 0.845. The summed E-state index contributed by atoms with van der Waals surface area (Å²) in [6.07, 6.45) is 11.1. The summed E-state index contributed by atoms with van der Waals surface area (Å²) in [7, 11) is 0. The van der Waals surface area contributed by atoms with Crippen molar-refractivity contribution in [2.24, 2.45) is 23.0 Å². The number of hydrogen-bond acceptors (Lipinski definition) is 2. The van der Waals surface area contributed by atoms with Crippen LogP contribution in [0.3, 0.4) is 0 Å². The molecular formula is C18H36N2. The zero-order valence-corrected chi connectivity index (χ0v) is 14.0. The van der Waals surface area contributed by atoms with Crippen LogP contribution in [0.4, 0.5) is 0 Å². The Labute approximate surface area is 126 Å². The van der Waals surface area contributed by atoms with Crippen molar-refractivity contribution in [2.75, 3.05) is 19.6 Å². The third-order valence-corrected chi connectivity index (χ3v) is 5.77. The molecule has 0 aromatic rings. The predicted octanol–water partition coefficient (Wildman–Crippen LogP) is 4.04. The molecule has 2 nitrogen and oxygen atoms in total. The fourth-order valence-electron chi connectivity index (χ4n) is 4.21. The van der Waals surface area contributed by atoms with Crippen LogP contribution in [0.5, 0.6) is 0 Å². The van der Waals surface area contributed by atoms with E-state index in [2.05, 4.69) is 25.7 Å². The molecule has 1 heterocycles. The minimum Gasteiger partial charge on any atom is -0.326 e. The van der Waals surface area contributed by atoms with E-state index in [1.807, 2.05) is 0 Å². The van der Waals surface area contributed by atoms with Crippen molar-refractivity contribution >= 4 is 0 Å². The first-order valence-electron chi connectivity index (χ1n) is 8.95. The van der Waals surface area contributed by atoms with Gasteiger partial charge in [0.25, 0.3) is 0 Å². The first-order valence-corrected chi connectivity index (χ1v) is 8.95. The molecule has 0 radical (unpaired) electrons. The normalized spacial score (nSPS) is 29.1. The fraction of sp³-hybridized carbons (Fsp3) is 1.00. The van der Waals surface area contributed by atoms with Gasteiger partial charge in [0.15, 0.2) is 0 Å². The lowest BCUT2D eigenvalue weighted by Crippen LogP contribution is -2.43. The van der Waals surface area contributed by atoms with Crippen molar-refractivity contribution < 1.29 is 0 Å². The molecule has 2 N–H and O–H groups in total. The second-order valence-electron chi connectivity index (χ2n) is 8.36. The number of hydrogen-bond donors (Lipinski definition) is 1. The van der Waals surface area contributed by atoms with Crippen molar-refractivity contribution in [2.45, 2.75) is 78.2 Å². The number of rotatable bonds is 3. The van der Waals surface area contributed by atoms with Crippen molar-refractivity contribution in [1.82, 2.24) is 4.90 Å². The molecule has 0 aromatic heterocycles. The summed E-state index contributed by atoms with van der Waals surface area (Å²) in [5, 5.41) is 0. The molecular weight excluding hydrogens is 244 g/mol. The van der Waals surface area contributed by atoms with E-state index in [-0.39, 0.29) is 0 Å². The molecule has 2 heteroatoms. The molecule has 118 valence electrons. The molecule has 0 spiro atoms. The molecule has 2 unspecified atom stereocenters. The summed E-state index contributed by atoms with van der Waals surface area (Å²) in [6.45, 7) is 10.9. The molecule has 2 aliphatic rings. The van der Waals surface area contributed by atoms with E-state index in [9.17, 15) is 0 Å². The SMILES string of the molecule is CC(C)(C)C1CCCN(CC(N)C2CCCCC2)CC1. The molecule has 0 aromatic carbocycles. The highest BCUT2D eigenvalue weighted by Crippen LogP contribution is 2.34. The summed E-state index contributed by atoms with van der Waals surface area (Å²) in [4.78, 5) is 2.66. The summed E-state index contributed by atoms with van der Waals surface area (Å²) >= 11 is 0. The van der Waals surface area contributed by atoms with Crippen molar-refractivity contribution in [3.05, 3.63) is 0 Å². The lowest BCUT2D eigenvalue weighted by Gasteiger charge is -2.32. The van der Waals surface area contributed by atoms with Crippen LogP contribution in [0.1, 0.15) is 72.1 Å². The second kappa shape index (κ2) is 7.26. The molecule has 1 aliphatic carbocycles. The Morgan fingerprint density at radius 3 is 2.30 bits per heavy atom. The lowest BCUT2D eigenvalue weighted by atomic mass is 9.77. The number of likely N-dealkylation sites (tertiary alicyclic amines) is 1. The van der Waals surface area contributed by atoms with E-state index in [4.69, 9.17) is 5.73 Å². The van der Waals surface area contributed by atoms with Gasteiger partial charge < -0.3 is 10.6 Å². The highest BCUT2D eigenvalue weighted by atomic mass is 15.1. The van der Waals surface area contributed by atoms with E-state index in [1.54, 1.807) is 0 Å². The zero-order chi connectivity index (χ0) is 14.6. The van der Waals surface area contributed by atoms with Crippen molar-refractivity contribution in [3.63, 3.8) is 0 Å². The summed E-state index contributed by atoms with van der Waals surface area (Å²) < 4.78 is 0. The standard InChI is InChI=1S/C18H36N2/c1-18(2,3)16-10-7-12-20(13-11-16)14-17(19)15-8-5-4-6-9-15/h15-17H,4-14,19H2,1-3H3. The Bertz CT molecular complexity index is 276. The van der Waals surface area contributed by atoms with Crippen LogP contribution >= 0.6 is 0 Å². The van der Waals surface area contributed by atoms with Crippen LogP contribution in [-0.2, 0) is 0 Å². The Morgan fingerprint density at radius 2 is 1.65 bits per heavy atom. The second-order valence-corrected chi connectivity index (χ2v) is 8.36. The largest absolute Gasteiger partial charge is 0.326 e. The Morgan fingerprint density at radius 1 is 0.950 bits per heavy atom. The Hall–Kier alpha value is -0.0800. The van der Waals surface area contributed by atoms with Gasteiger partial charge in [-0.05, 0) is 62.4 Å². The van der Waals surface area contributed by atoms with Gasteiger partial charge in [-0.15, -0.1) is 0 Å². The van der Waals surface area contributed by atoms with Gasteiger partial charge in [-0.2, -0.15) is 0 Å². The van der Waals surface area contributed by atoms with E-state index in [0.717, 1.165) is 18.4 Å². The maximum Gasteiger partial charge on any atom is 0.0196 e. The monoisotopic (exact) mass is 280 g/mol. The maximum absolute atomic E-state index is 6.51. The van der Waals surface area contributed by atoms with E-state index in [1.165, 1.54) is 64.5 Å². The first-order chi connectivity index (χ1) is 9.47. The van der Waals surface area contributed by atoms with Crippen LogP contribution in [-0.4, -0.2) is 30.6 Å². The van der Waals surface area contributed by atoms with Crippen LogP contribution < -0.4 is 5.73 Å². The minimum atomic E-state index is 0.418. The number of nitrogens with zero attached hydrogens (tertiary/aromatic N) is 1. The molecule has 0 bridgehead atoms. The molecule has 1 saturated carbocycles. The van der Waals surface area contributed by atoms with Crippen LogP contribution in [0.25, 0.3) is 0 Å². The van der Waals surface area contributed by atoms with Gasteiger partial charge >= 0.3 is 0 Å². The molecule has 1 saturated heterocycles. The topological polar surface area (TPSA) is 29.3 Å². The van der Waals surface area contributed by atoms with E-state index < -0.39 is 0 Å². The fourth-order valence-corrected chi connectivity index (χ4v) is 4.21. The summed E-state index contributed by atoms with van der Waals surface area (Å²) in [5.74, 6) is 1.68. The van der Waals surface area contributed by atoms with Crippen molar-refractivity contribution in [3.8, 4) is 0 Å². The highest BCUT2D eigenvalue weighted by Gasteiger charge is 2.28. The third-order valence-electron chi connectivity index (χ3n) is 5.77. The molecule has 20 heavy (non-hydrogen) atoms. The third kappa shape index (κ3) is 4.73. The van der Waals surface area contributed by atoms with Crippen LogP contribution in [0.15, 0.2) is 0 Å².